The number of rotatable bonds is 4. The molecule has 0 aromatic carbocycles. The molecule has 2 aromatic rings. The molecule has 0 amide bonds. The Kier molecular flexibility index (Phi) is 4.06. The van der Waals surface area contributed by atoms with Crippen LogP contribution in [0.15, 0.2) is 24.5 Å². The highest BCUT2D eigenvalue weighted by atomic mass is 15.2. The summed E-state index contributed by atoms with van der Waals surface area (Å²) in [7, 11) is 0. The largest absolute Gasteiger partial charge is 0.297 e. The van der Waals surface area contributed by atoms with Crippen molar-refractivity contribution in [1.29, 1.82) is 0 Å². The van der Waals surface area contributed by atoms with E-state index in [0.29, 0.717) is 5.92 Å². The van der Waals surface area contributed by atoms with Crippen LogP contribution in [0.5, 0.6) is 0 Å². The molecule has 3 heterocycles. The molecule has 0 saturated carbocycles. The number of likely N-dealkylation sites (tertiary alicyclic amines) is 1. The zero-order chi connectivity index (χ0) is 13.8. The van der Waals surface area contributed by atoms with E-state index in [4.69, 9.17) is 0 Å². The van der Waals surface area contributed by atoms with Gasteiger partial charge >= 0.3 is 0 Å². The fourth-order valence-corrected chi connectivity index (χ4v) is 2.88. The molecule has 0 spiro atoms. The third-order valence-corrected chi connectivity index (χ3v) is 3.93. The molecule has 5 heteroatoms. The first-order valence-electron chi connectivity index (χ1n) is 7.37. The fraction of sp³-hybridized carbons (Fsp3) is 0.533. The lowest BCUT2D eigenvalue weighted by molar-refractivity contribution is 0.196. The Balaban J connectivity index is 1.65. The van der Waals surface area contributed by atoms with Crippen molar-refractivity contribution in [3.63, 3.8) is 0 Å². The minimum absolute atomic E-state index is 0.568. The second kappa shape index (κ2) is 6.13. The molecule has 0 bridgehead atoms. The summed E-state index contributed by atoms with van der Waals surface area (Å²) in [6.45, 7) is 5.23. The highest BCUT2D eigenvalue weighted by Crippen LogP contribution is 2.25. The van der Waals surface area contributed by atoms with Crippen molar-refractivity contribution in [3.8, 4) is 0 Å². The Labute approximate surface area is 119 Å². The lowest BCUT2D eigenvalue weighted by Crippen LogP contribution is -2.34. The molecule has 5 nitrogen and oxygen atoms in total. The Hall–Kier alpha value is -1.75. The Morgan fingerprint density at radius 2 is 2.30 bits per heavy atom. The van der Waals surface area contributed by atoms with Gasteiger partial charge in [0.2, 0.25) is 0 Å². The van der Waals surface area contributed by atoms with Crippen LogP contribution in [-0.2, 0) is 13.0 Å². The van der Waals surface area contributed by atoms with Gasteiger partial charge in [0.25, 0.3) is 0 Å². The van der Waals surface area contributed by atoms with Gasteiger partial charge in [-0.05, 0) is 31.5 Å². The van der Waals surface area contributed by atoms with Gasteiger partial charge in [0, 0.05) is 43.5 Å². The number of H-pyrrole nitrogens is 1. The first-order valence-corrected chi connectivity index (χ1v) is 7.37. The molecule has 2 aromatic heterocycles. The van der Waals surface area contributed by atoms with Gasteiger partial charge in [-0.1, -0.05) is 6.92 Å². The average Bonchev–Trinajstić information content (AvgIpc) is 3.02. The van der Waals surface area contributed by atoms with Crippen molar-refractivity contribution in [1.82, 2.24) is 25.1 Å². The number of hydrogen-bond acceptors (Lipinski definition) is 4. The van der Waals surface area contributed by atoms with E-state index >= 15 is 0 Å². The van der Waals surface area contributed by atoms with Gasteiger partial charge in [-0.25, -0.2) is 9.97 Å². The Morgan fingerprint density at radius 1 is 1.35 bits per heavy atom. The third-order valence-electron chi connectivity index (χ3n) is 3.93. The Bertz CT molecular complexity index is 537. The van der Waals surface area contributed by atoms with Crippen LogP contribution >= 0.6 is 0 Å². The lowest BCUT2D eigenvalue weighted by Gasteiger charge is -2.31. The number of aryl methyl sites for hydroxylation is 1. The highest BCUT2D eigenvalue weighted by molar-refractivity contribution is 5.08. The molecular weight excluding hydrogens is 250 g/mol. The third kappa shape index (κ3) is 3.04. The molecular formula is C15H21N5. The number of piperidine rings is 1. The van der Waals surface area contributed by atoms with Gasteiger partial charge in [-0.3, -0.25) is 10.00 Å². The van der Waals surface area contributed by atoms with E-state index in [1.165, 1.54) is 18.5 Å². The molecule has 1 aliphatic heterocycles. The van der Waals surface area contributed by atoms with Crippen LogP contribution in [-0.4, -0.2) is 38.2 Å². The molecule has 1 fully saturated rings. The topological polar surface area (TPSA) is 57.7 Å². The summed E-state index contributed by atoms with van der Waals surface area (Å²) in [6, 6.07) is 4.12. The number of hydrogen-bond donors (Lipinski definition) is 1. The van der Waals surface area contributed by atoms with Crippen LogP contribution in [0.2, 0.25) is 0 Å². The van der Waals surface area contributed by atoms with E-state index in [2.05, 4.69) is 38.1 Å². The maximum absolute atomic E-state index is 4.60. The van der Waals surface area contributed by atoms with Crippen LogP contribution in [0.1, 0.15) is 42.9 Å². The van der Waals surface area contributed by atoms with E-state index in [0.717, 1.165) is 37.6 Å². The van der Waals surface area contributed by atoms with E-state index in [9.17, 15) is 0 Å². The smallest absolute Gasteiger partial charge is 0.128 e. The highest BCUT2D eigenvalue weighted by Gasteiger charge is 2.22. The molecule has 1 N–H and O–H groups in total. The molecule has 1 atom stereocenters. The van der Waals surface area contributed by atoms with Crippen molar-refractivity contribution < 1.29 is 0 Å². The first kappa shape index (κ1) is 13.2. The summed E-state index contributed by atoms with van der Waals surface area (Å²) in [6.07, 6.45) is 7.08. The number of aromatic amines is 1. The summed E-state index contributed by atoms with van der Waals surface area (Å²) < 4.78 is 0. The quantitative estimate of drug-likeness (QED) is 0.925. The van der Waals surface area contributed by atoms with E-state index in [1.807, 2.05) is 18.5 Å². The summed E-state index contributed by atoms with van der Waals surface area (Å²) in [4.78, 5) is 11.3. The van der Waals surface area contributed by atoms with Gasteiger partial charge in [-0.2, -0.15) is 5.10 Å². The summed E-state index contributed by atoms with van der Waals surface area (Å²) in [5.74, 6) is 1.50. The SMILES string of the molecule is CCc1nccc(CN2CCC[C@@H](c3ccn[nH]3)C2)n1. The predicted octanol–water partition coefficient (Wildman–Crippen LogP) is 2.14. The van der Waals surface area contributed by atoms with Crippen LogP contribution in [0, 0.1) is 0 Å². The molecule has 20 heavy (non-hydrogen) atoms. The van der Waals surface area contributed by atoms with Gasteiger partial charge in [0.05, 0.1) is 5.69 Å². The monoisotopic (exact) mass is 271 g/mol. The molecule has 1 saturated heterocycles. The van der Waals surface area contributed by atoms with E-state index in [1.54, 1.807) is 0 Å². The maximum atomic E-state index is 4.60. The van der Waals surface area contributed by atoms with Crippen molar-refractivity contribution in [2.24, 2.45) is 0 Å². The zero-order valence-electron chi connectivity index (χ0n) is 11.9. The fourth-order valence-electron chi connectivity index (χ4n) is 2.88. The van der Waals surface area contributed by atoms with Crippen LogP contribution in [0.25, 0.3) is 0 Å². The average molecular weight is 271 g/mol. The summed E-state index contributed by atoms with van der Waals surface area (Å²) in [5.41, 5.74) is 2.38. The van der Waals surface area contributed by atoms with Gasteiger partial charge in [0.1, 0.15) is 5.82 Å². The number of nitrogens with zero attached hydrogens (tertiary/aromatic N) is 4. The minimum atomic E-state index is 0.568. The van der Waals surface area contributed by atoms with Crippen LogP contribution in [0.4, 0.5) is 0 Å². The standard InChI is InChI=1S/C15H21N5/c1-2-15-16-7-5-13(18-15)11-20-9-3-4-12(10-20)14-6-8-17-19-14/h5-8,12H,2-4,9-11H2,1H3,(H,17,19)/t12-/m1/s1. The van der Waals surface area contributed by atoms with Gasteiger partial charge in [-0.15, -0.1) is 0 Å². The molecule has 0 unspecified atom stereocenters. The first-order chi connectivity index (χ1) is 9.85. The van der Waals surface area contributed by atoms with E-state index < -0.39 is 0 Å². The molecule has 0 radical (unpaired) electrons. The second-order valence-electron chi connectivity index (χ2n) is 5.40. The van der Waals surface area contributed by atoms with E-state index in [-0.39, 0.29) is 0 Å². The second-order valence-corrected chi connectivity index (χ2v) is 5.40. The summed E-state index contributed by atoms with van der Waals surface area (Å²) in [5, 5.41) is 7.17. The predicted molar refractivity (Wildman–Crippen MR) is 77.2 cm³/mol. The molecule has 3 rings (SSSR count). The maximum Gasteiger partial charge on any atom is 0.128 e. The van der Waals surface area contributed by atoms with Crippen LogP contribution < -0.4 is 0 Å². The lowest BCUT2D eigenvalue weighted by atomic mass is 9.95. The zero-order valence-corrected chi connectivity index (χ0v) is 11.9. The molecule has 0 aliphatic carbocycles. The molecule has 1 aliphatic rings. The van der Waals surface area contributed by atoms with Gasteiger partial charge < -0.3 is 0 Å². The van der Waals surface area contributed by atoms with Crippen molar-refractivity contribution in [2.45, 2.75) is 38.6 Å². The van der Waals surface area contributed by atoms with Gasteiger partial charge in [0.15, 0.2) is 0 Å². The normalized spacial score (nSPS) is 20.1. The summed E-state index contributed by atoms with van der Waals surface area (Å²) >= 11 is 0. The number of aromatic nitrogens is 4. The number of nitrogens with one attached hydrogen (secondary N) is 1. The Morgan fingerprint density at radius 3 is 3.10 bits per heavy atom. The van der Waals surface area contributed by atoms with Crippen LogP contribution in [0.3, 0.4) is 0 Å². The molecule has 106 valence electrons. The van der Waals surface area contributed by atoms with Crippen molar-refractivity contribution in [3.05, 3.63) is 41.7 Å². The van der Waals surface area contributed by atoms with Crippen molar-refractivity contribution >= 4 is 0 Å². The minimum Gasteiger partial charge on any atom is -0.297 e. The van der Waals surface area contributed by atoms with Crippen molar-refractivity contribution in [2.75, 3.05) is 13.1 Å².